The van der Waals surface area contributed by atoms with Gasteiger partial charge in [0.15, 0.2) is 0 Å². The summed E-state index contributed by atoms with van der Waals surface area (Å²) >= 11 is 0. The Morgan fingerprint density at radius 3 is 2.44 bits per heavy atom. The Morgan fingerprint density at radius 2 is 1.74 bits per heavy atom. The van der Waals surface area contributed by atoms with Crippen LogP contribution in [0.1, 0.15) is 72.1 Å². The topological polar surface area (TPSA) is 124 Å². The summed E-state index contributed by atoms with van der Waals surface area (Å²) in [5.74, 6) is 1.53. The molecule has 4 rings (SSSR count). The average molecular weight is 498 g/mol. The van der Waals surface area contributed by atoms with E-state index in [2.05, 4.69) is 26.1 Å². The first-order chi connectivity index (χ1) is 15.8. The van der Waals surface area contributed by atoms with Crippen LogP contribution >= 0.6 is 0 Å². The Balaban J connectivity index is 1.43. The third-order valence-electron chi connectivity index (χ3n) is 10.6. The minimum atomic E-state index is -4.09. The molecule has 0 aromatic heterocycles. The van der Waals surface area contributed by atoms with Crippen LogP contribution in [0.25, 0.3) is 0 Å². The van der Waals surface area contributed by atoms with Gasteiger partial charge >= 0.3 is 0 Å². The van der Waals surface area contributed by atoms with Gasteiger partial charge in [0.05, 0.1) is 18.0 Å². The maximum absolute atomic E-state index is 12.1. The number of carbonyl (C=O) groups excluding carboxylic acids is 1. The number of carbonyl (C=O) groups is 1. The SMILES string of the molecule is C[C@H](/C=C/C(=O)NCCS(=O)(=O)O)[C@H]1CC[C@H]2[C@@H]3[C@@H](O)C[C@@H]4C[C@H](O)CC[C@]4(C)[C@H]3CC[C@]12C. The first-order valence-electron chi connectivity index (χ1n) is 13.1. The zero-order valence-electron chi connectivity index (χ0n) is 20.8. The summed E-state index contributed by atoms with van der Waals surface area (Å²) in [5.41, 5.74) is 0.346. The van der Waals surface area contributed by atoms with Gasteiger partial charge in [0.2, 0.25) is 5.91 Å². The number of hydrogen-bond acceptors (Lipinski definition) is 5. The van der Waals surface area contributed by atoms with E-state index in [1.165, 1.54) is 6.08 Å². The molecule has 1 amide bonds. The van der Waals surface area contributed by atoms with Gasteiger partial charge in [0.25, 0.3) is 10.1 Å². The van der Waals surface area contributed by atoms with E-state index >= 15 is 0 Å². The molecule has 4 aliphatic rings. The van der Waals surface area contributed by atoms with E-state index in [-0.39, 0.29) is 41.4 Å². The molecule has 8 heteroatoms. The highest BCUT2D eigenvalue weighted by Gasteiger charge is 2.62. The number of allylic oxidation sites excluding steroid dienone is 1. The van der Waals surface area contributed by atoms with Crippen molar-refractivity contribution >= 4 is 16.0 Å². The lowest BCUT2D eigenvalue weighted by atomic mass is 9.43. The second-order valence-corrected chi connectivity index (χ2v) is 13.8. The number of aliphatic hydroxyl groups is 2. The smallest absolute Gasteiger partial charge is 0.266 e. The summed E-state index contributed by atoms with van der Waals surface area (Å²) in [6, 6.07) is 0. The van der Waals surface area contributed by atoms with Crippen LogP contribution in [0.3, 0.4) is 0 Å². The van der Waals surface area contributed by atoms with Crippen molar-refractivity contribution in [3.63, 3.8) is 0 Å². The van der Waals surface area contributed by atoms with E-state index in [0.29, 0.717) is 29.6 Å². The number of amides is 1. The van der Waals surface area contributed by atoms with Gasteiger partial charge in [-0.15, -0.1) is 0 Å². The first-order valence-corrected chi connectivity index (χ1v) is 14.7. The van der Waals surface area contributed by atoms with Crippen LogP contribution in [-0.2, 0) is 14.9 Å². The van der Waals surface area contributed by atoms with Crippen molar-refractivity contribution < 1.29 is 28.0 Å². The molecule has 10 atom stereocenters. The number of nitrogens with one attached hydrogen (secondary N) is 1. The van der Waals surface area contributed by atoms with Gasteiger partial charge in [-0.3, -0.25) is 9.35 Å². The summed E-state index contributed by atoms with van der Waals surface area (Å²) in [4.78, 5) is 12.1. The van der Waals surface area contributed by atoms with Gasteiger partial charge in [0.1, 0.15) is 0 Å². The Labute approximate surface area is 204 Å². The Hall–Kier alpha value is -0.960. The minimum Gasteiger partial charge on any atom is -0.393 e. The molecule has 0 spiro atoms. The largest absolute Gasteiger partial charge is 0.393 e. The molecule has 4 fully saturated rings. The third kappa shape index (κ3) is 4.84. The van der Waals surface area contributed by atoms with Crippen molar-refractivity contribution in [2.24, 2.45) is 46.3 Å². The highest BCUT2D eigenvalue weighted by Crippen LogP contribution is 2.68. The zero-order chi connectivity index (χ0) is 24.9. The third-order valence-corrected chi connectivity index (χ3v) is 11.3. The molecule has 0 aromatic rings. The quantitative estimate of drug-likeness (QED) is 0.330. The maximum Gasteiger partial charge on any atom is 0.266 e. The van der Waals surface area contributed by atoms with E-state index in [4.69, 9.17) is 4.55 Å². The van der Waals surface area contributed by atoms with Crippen molar-refractivity contribution in [1.82, 2.24) is 5.32 Å². The molecule has 0 heterocycles. The van der Waals surface area contributed by atoms with Gasteiger partial charge in [-0.25, -0.2) is 0 Å². The van der Waals surface area contributed by atoms with Crippen LogP contribution in [0.15, 0.2) is 12.2 Å². The van der Waals surface area contributed by atoms with Crippen molar-refractivity contribution in [1.29, 1.82) is 0 Å². The van der Waals surface area contributed by atoms with E-state index in [0.717, 1.165) is 51.4 Å². The molecular weight excluding hydrogens is 454 g/mol. The lowest BCUT2D eigenvalue weighted by Crippen LogP contribution is -2.58. The molecule has 0 aromatic carbocycles. The van der Waals surface area contributed by atoms with Crippen LogP contribution in [0.2, 0.25) is 0 Å². The molecule has 0 radical (unpaired) electrons. The number of fused-ring (bicyclic) bond motifs is 5. The maximum atomic E-state index is 12.1. The summed E-state index contributed by atoms with van der Waals surface area (Å²) in [6.07, 6.45) is 11.0. The van der Waals surface area contributed by atoms with E-state index in [1.807, 2.05) is 6.08 Å². The van der Waals surface area contributed by atoms with E-state index in [9.17, 15) is 23.4 Å². The molecule has 0 aliphatic heterocycles. The predicted molar refractivity (Wildman–Crippen MR) is 130 cm³/mol. The van der Waals surface area contributed by atoms with Gasteiger partial charge in [-0.05, 0) is 104 Å². The van der Waals surface area contributed by atoms with Crippen LogP contribution in [0.5, 0.6) is 0 Å². The van der Waals surface area contributed by atoms with Gasteiger partial charge in [-0.2, -0.15) is 8.42 Å². The van der Waals surface area contributed by atoms with Crippen LogP contribution in [0, 0.1) is 46.3 Å². The molecule has 194 valence electrons. The lowest BCUT2D eigenvalue weighted by Gasteiger charge is -2.62. The lowest BCUT2D eigenvalue weighted by molar-refractivity contribution is -0.173. The summed E-state index contributed by atoms with van der Waals surface area (Å²) in [7, 11) is -4.09. The average Bonchev–Trinajstić information content (AvgIpc) is 3.09. The van der Waals surface area contributed by atoms with Crippen LogP contribution in [-0.4, -0.2) is 53.6 Å². The van der Waals surface area contributed by atoms with Crippen molar-refractivity contribution in [2.75, 3.05) is 12.3 Å². The van der Waals surface area contributed by atoms with Crippen LogP contribution in [0.4, 0.5) is 0 Å². The Bertz CT molecular complexity index is 905. The van der Waals surface area contributed by atoms with Gasteiger partial charge in [-0.1, -0.05) is 26.8 Å². The first kappa shape index (κ1) is 26.1. The van der Waals surface area contributed by atoms with Crippen molar-refractivity contribution in [2.45, 2.75) is 84.3 Å². The predicted octanol–water partition coefficient (Wildman–Crippen LogP) is 3.17. The monoisotopic (exact) mass is 497 g/mol. The fourth-order valence-electron chi connectivity index (χ4n) is 8.84. The Morgan fingerprint density at radius 1 is 1.06 bits per heavy atom. The van der Waals surface area contributed by atoms with Gasteiger partial charge < -0.3 is 15.5 Å². The summed E-state index contributed by atoms with van der Waals surface area (Å²) in [6.45, 7) is 6.86. The zero-order valence-corrected chi connectivity index (χ0v) is 21.6. The highest BCUT2D eigenvalue weighted by molar-refractivity contribution is 7.85. The molecular formula is C26H43NO6S. The van der Waals surface area contributed by atoms with Crippen molar-refractivity contribution in [3.05, 3.63) is 12.2 Å². The fourth-order valence-corrected chi connectivity index (χ4v) is 9.20. The van der Waals surface area contributed by atoms with E-state index < -0.39 is 15.9 Å². The molecule has 0 saturated heterocycles. The summed E-state index contributed by atoms with van der Waals surface area (Å²) < 4.78 is 30.4. The summed E-state index contributed by atoms with van der Waals surface area (Å²) in [5, 5.41) is 24.1. The minimum absolute atomic E-state index is 0.114. The molecule has 4 aliphatic carbocycles. The van der Waals surface area contributed by atoms with Crippen molar-refractivity contribution in [3.8, 4) is 0 Å². The molecule has 34 heavy (non-hydrogen) atoms. The second-order valence-electron chi connectivity index (χ2n) is 12.2. The molecule has 4 saturated carbocycles. The van der Waals surface area contributed by atoms with Gasteiger partial charge in [0, 0.05) is 6.54 Å². The molecule has 4 N–H and O–H groups in total. The Kier molecular flexibility index (Phi) is 7.29. The van der Waals surface area contributed by atoms with Crippen LogP contribution < -0.4 is 5.32 Å². The molecule has 7 nitrogen and oxygen atoms in total. The normalized spacial score (nSPS) is 45.3. The number of aliphatic hydroxyl groups excluding tert-OH is 2. The highest BCUT2D eigenvalue weighted by atomic mass is 32.2. The number of hydrogen-bond donors (Lipinski definition) is 4. The second kappa shape index (κ2) is 9.49. The fraction of sp³-hybridized carbons (Fsp3) is 0.885. The molecule has 0 unspecified atom stereocenters. The number of rotatable bonds is 6. The standard InChI is InChI=1S/C26H43NO6S/c1-16(4-7-23(30)27-12-13-34(31,32)33)19-5-6-20-24-21(9-11-26(19,20)3)25(2)10-8-18(28)14-17(25)15-22(24)29/h4,7,16-22,24,28-29H,5-6,8-15H2,1-3H3,(H,27,30)(H,31,32,33)/b7-4+/t16-,17+,18-,19-,20+,21+,22+,24+,25+,26-/m1/s1. The molecule has 0 bridgehead atoms. The van der Waals surface area contributed by atoms with E-state index in [1.54, 1.807) is 0 Å².